The van der Waals surface area contributed by atoms with E-state index in [1.165, 1.54) is 28.8 Å². The van der Waals surface area contributed by atoms with Crippen LogP contribution in [0.15, 0.2) is 70.6 Å². The van der Waals surface area contributed by atoms with Crippen LogP contribution >= 0.6 is 35.0 Å². The maximum atomic E-state index is 13.0. The van der Waals surface area contributed by atoms with Gasteiger partial charge in [-0.05, 0) is 73.1 Å². The standard InChI is InChI=1S/C27H22Cl2N2O4S/c1-3-31-25(32)23(36-27(31)30-20-6-4-5-19(14-20)26(33)34)13-18-11-21(28)24(22(29)12-18)35-15-17-9-7-16(2)8-10-17/h4-14H,3,15H2,1-2H3,(H,33,34). The number of benzene rings is 3. The van der Waals surface area contributed by atoms with Crippen LogP contribution in [0.25, 0.3) is 6.08 Å². The molecule has 184 valence electrons. The van der Waals surface area contributed by atoms with Crippen LogP contribution in [-0.4, -0.2) is 33.6 Å². The van der Waals surface area contributed by atoms with Gasteiger partial charge in [-0.1, -0.05) is 59.1 Å². The Morgan fingerprint density at radius 3 is 2.44 bits per heavy atom. The van der Waals surface area contributed by atoms with E-state index in [4.69, 9.17) is 27.9 Å². The summed E-state index contributed by atoms with van der Waals surface area (Å²) in [6.07, 6.45) is 1.70. The van der Waals surface area contributed by atoms with Crippen LogP contribution in [0, 0.1) is 6.92 Å². The van der Waals surface area contributed by atoms with E-state index in [0.717, 1.165) is 11.1 Å². The average molecular weight is 541 g/mol. The van der Waals surface area contributed by atoms with Gasteiger partial charge in [0.15, 0.2) is 10.9 Å². The number of halogens is 2. The molecule has 1 saturated heterocycles. The molecule has 9 heteroatoms. The Morgan fingerprint density at radius 1 is 1.11 bits per heavy atom. The molecule has 3 aromatic rings. The number of rotatable bonds is 7. The van der Waals surface area contributed by atoms with Crippen molar-refractivity contribution in [1.82, 2.24) is 4.90 Å². The van der Waals surface area contributed by atoms with Crippen LogP contribution in [0.2, 0.25) is 10.0 Å². The molecule has 4 rings (SSSR count). The zero-order valence-corrected chi connectivity index (χ0v) is 21.8. The number of hydrogen-bond acceptors (Lipinski definition) is 5. The molecule has 36 heavy (non-hydrogen) atoms. The van der Waals surface area contributed by atoms with E-state index in [-0.39, 0.29) is 11.5 Å². The zero-order valence-electron chi connectivity index (χ0n) is 19.5. The molecular weight excluding hydrogens is 519 g/mol. The Bertz CT molecular complexity index is 1360. The van der Waals surface area contributed by atoms with Gasteiger partial charge in [0, 0.05) is 6.54 Å². The first-order valence-electron chi connectivity index (χ1n) is 11.1. The van der Waals surface area contributed by atoms with Crippen LogP contribution in [-0.2, 0) is 11.4 Å². The number of carboxylic acids is 1. The number of aryl methyl sites for hydroxylation is 1. The van der Waals surface area contributed by atoms with Gasteiger partial charge in [0.25, 0.3) is 5.91 Å². The highest BCUT2D eigenvalue weighted by Gasteiger charge is 2.32. The van der Waals surface area contributed by atoms with Gasteiger partial charge in [0.05, 0.1) is 26.2 Å². The Morgan fingerprint density at radius 2 is 1.81 bits per heavy atom. The summed E-state index contributed by atoms with van der Waals surface area (Å²) in [6.45, 7) is 4.60. The first-order valence-corrected chi connectivity index (χ1v) is 12.6. The van der Waals surface area contributed by atoms with Crippen molar-refractivity contribution in [2.24, 2.45) is 4.99 Å². The number of amides is 1. The number of carbonyl (C=O) groups excluding carboxylic acids is 1. The fourth-order valence-corrected chi connectivity index (χ4v) is 5.16. The number of carbonyl (C=O) groups is 2. The smallest absolute Gasteiger partial charge is 0.335 e. The molecule has 1 N–H and O–H groups in total. The lowest BCUT2D eigenvalue weighted by atomic mass is 10.1. The number of nitrogens with zero attached hydrogens (tertiary/aromatic N) is 2. The summed E-state index contributed by atoms with van der Waals surface area (Å²) in [4.78, 5) is 30.8. The van der Waals surface area contributed by atoms with Crippen LogP contribution in [0.4, 0.5) is 5.69 Å². The van der Waals surface area contributed by atoms with Crippen LogP contribution in [0.3, 0.4) is 0 Å². The van der Waals surface area contributed by atoms with Gasteiger partial charge in [-0.2, -0.15) is 0 Å². The molecule has 0 aliphatic carbocycles. The summed E-state index contributed by atoms with van der Waals surface area (Å²) in [6, 6.07) is 17.6. The van der Waals surface area contributed by atoms with E-state index < -0.39 is 5.97 Å². The first-order chi connectivity index (χ1) is 17.2. The minimum Gasteiger partial charge on any atom is -0.486 e. The van der Waals surface area contributed by atoms with Gasteiger partial charge in [-0.15, -0.1) is 0 Å². The second-order valence-corrected chi connectivity index (χ2v) is 9.82. The average Bonchev–Trinajstić information content (AvgIpc) is 3.13. The van der Waals surface area contributed by atoms with Gasteiger partial charge in [-0.3, -0.25) is 9.69 Å². The molecule has 1 fully saturated rings. The Labute approximate surface area is 223 Å². The number of hydrogen-bond donors (Lipinski definition) is 1. The largest absolute Gasteiger partial charge is 0.486 e. The summed E-state index contributed by atoms with van der Waals surface area (Å²) in [5.74, 6) is -0.870. The summed E-state index contributed by atoms with van der Waals surface area (Å²) < 4.78 is 5.86. The fourth-order valence-electron chi connectivity index (χ4n) is 3.48. The summed E-state index contributed by atoms with van der Waals surface area (Å²) in [5, 5.41) is 10.4. The number of carboxylic acid groups (broad SMARTS) is 1. The molecule has 0 atom stereocenters. The Balaban J connectivity index is 1.56. The number of ether oxygens (including phenoxy) is 1. The van der Waals surface area contributed by atoms with Crippen molar-refractivity contribution in [3.63, 3.8) is 0 Å². The molecular formula is C27H22Cl2N2O4S. The van der Waals surface area contributed by atoms with E-state index in [2.05, 4.69) is 4.99 Å². The predicted octanol–water partition coefficient (Wildman–Crippen LogP) is 7.20. The molecule has 0 aromatic heterocycles. The number of aliphatic imine (C=N–C) groups is 1. The summed E-state index contributed by atoms with van der Waals surface area (Å²) in [5.41, 5.74) is 3.38. The Hall–Kier alpha value is -3.26. The molecule has 0 radical (unpaired) electrons. The highest BCUT2D eigenvalue weighted by atomic mass is 35.5. The van der Waals surface area contributed by atoms with Crippen molar-refractivity contribution in [1.29, 1.82) is 0 Å². The van der Waals surface area contributed by atoms with E-state index in [1.54, 1.807) is 30.3 Å². The topological polar surface area (TPSA) is 79.2 Å². The fraction of sp³-hybridized carbons (Fsp3) is 0.148. The summed E-state index contributed by atoms with van der Waals surface area (Å²) >= 11 is 14.1. The molecule has 0 saturated carbocycles. The predicted molar refractivity (Wildman–Crippen MR) is 145 cm³/mol. The van der Waals surface area contributed by atoms with Crippen LogP contribution in [0.1, 0.15) is 34.0 Å². The lowest BCUT2D eigenvalue weighted by Crippen LogP contribution is -2.28. The maximum Gasteiger partial charge on any atom is 0.335 e. The highest BCUT2D eigenvalue weighted by molar-refractivity contribution is 8.18. The van der Waals surface area contributed by atoms with Crippen molar-refractivity contribution in [2.45, 2.75) is 20.5 Å². The number of thioether (sulfide) groups is 1. The van der Waals surface area contributed by atoms with Crippen LogP contribution in [0.5, 0.6) is 5.75 Å². The summed E-state index contributed by atoms with van der Waals surface area (Å²) in [7, 11) is 0. The number of aromatic carboxylic acids is 1. The minimum absolute atomic E-state index is 0.124. The number of amidine groups is 1. The van der Waals surface area contributed by atoms with Gasteiger partial charge in [0.1, 0.15) is 6.61 Å². The zero-order chi connectivity index (χ0) is 25.8. The van der Waals surface area contributed by atoms with E-state index in [9.17, 15) is 14.7 Å². The van der Waals surface area contributed by atoms with Gasteiger partial charge in [-0.25, -0.2) is 9.79 Å². The molecule has 1 amide bonds. The second-order valence-electron chi connectivity index (χ2n) is 8.00. The molecule has 1 heterocycles. The monoisotopic (exact) mass is 540 g/mol. The normalized spacial score (nSPS) is 15.7. The Kier molecular flexibility index (Phi) is 8.04. The number of likely N-dealkylation sites (N-methyl/N-ethyl adjacent to an activating group) is 1. The quantitative estimate of drug-likeness (QED) is 0.320. The lowest BCUT2D eigenvalue weighted by Gasteiger charge is -2.12. The van der Waals surface area contributed by atoms with Gasteiger partial charge >= 0.3 is 5.97 Å². The van der Waals surface area contributed by atoms with Crippen molar-refractivity contribution in [2.75, 3.05) is 6.54 Å². The van der Waals surface area contributed by atoms with Crippen molar-refractivity contribution in [3.8, 4) is 5.75 Å². The third-order valence-corrected chi connectivity index (χ3v) is 6.91. The SMILES string of the molecule is CCN1C(=O)C(=Cc2cc(Cl)c(OCc3ccc(C)cc3)c(Cl)c2)SC1=Nc1cccc(C(=O)O)c1. The second kappa shape index (κ2) is 11.2. The molecule has 6 nitrogen and oxygen atoms in total. The molecule has 1 aliphatic heterocycles. The van der Waals surface area contributed by atoms with Gasteiger partial charge < -0.3 is 9.84 Å². The van der Waals surface area contributed by atoms with Crippen LogP contribution < -0.4 is 4.74 Å². The van der Waals surface area contributed by atoms with E-state index in [1.807, 2.05) is 38.1 Å². The molecule has 0 unspecified atom stereocenters. The molecule has 3 aromatic carbocycles. The first kappa shape index (κ1) is 25.8. The highest BCUT2D eigenvalue weighted by Crippen LogP contribution is 2.38. The van der Waals surface area contributed by atoms with Crippen molar-refractivity contribution < 1.29 is 19.4 Å². The third-order valence-electron chi connectivity index (χ3n) is 5.34. The van der Waals surface area contributed by atoms with E-state index >= 15 is 0 Å². The van der Waals surface area contributed by atoms with E-state index in [0.29, 0.717) is 50.3 Å². The molecule has 0 bridgehead atoms. The molecule has 0 spiro atoms. The lowest BCUT2D eigenvalue weighted by molar-refractivity contribution is -0.122. The minimum atomic E-state index is -1.04. The maximum absolute atomic E-state index is 13.0. The van der Waals surface area contributed by atoms with Crippen molar-refractivity contribution in [3.05, 3.63) is 97.9 Å². The molecule has 1 aliphatic rings. The van der Waals surface area contributed by atoms with Crippen molar-refractivity contribution >= 4 is 63.8 Å². The van der Waals surface area contributed by atoms with Gasteiger partial charge in [0.2, 0.25) is 0 Å². The third kappa shape index (κ3) is 5.93.